The SMILES string of the molecule is CC(C)(c1cccc(Cl)c1Cl)C1(N)N=C(c2ccc3cncn3c2)N=C(N)N1. The van der Waals surface area contributed by atoms with Crippen LogP contribution in [0.5, 0.6) is 0 Å². The molecule has 0 saturated carbocycles. The van der Waals surface area contributed by atoms with Crippen molar-refractivity contribution in [3.63, 3.8) is 0 Å². The van der Waals surface area contributed by atoms with Gasteiger partial charge < -0.3 is 15.5 Å². The first kappa shape index (κ1) is 18.7. The van der Waals surface area contributed by atoms with Gasteiger partial charge in [0, 0.05) is 17.2 Å². The maximum Gasteiger partial charge on any atom is 0.198 e. The second-order valence-corrected chi connectivity index (χ2v) is 7.98. The Bertz CT molecular complexity index is 1130. The number of aromatic nitrogens is 2. The van der Waals surface area contributed by atoms with Gasteiger partial charge in [-0.1, -0.05) is 49.2 Å². The topological polar surface area (TPSA) is 106 Å². The summed E-state index contributed by atoms with van der Waals surface area (Å²) in [7, 11) is 0. The molecule has 1 aliphatic rings. The molecule has 7 nitrogen and oxygen atoms in total. The van der Waals surface area contributed by atoms with E-state index < -0.39 is 11.2 Å². The number of guanidine groups is 1. The largest absolute Gasteiger partial charge is 0.370 e. The van der Waals surface area contributed by atoms with Crippen LogP contribution in [0.15, 0.2) is 59.0 Å². The summed E-state index contributed by atoms with van der Waals surface area (Å²) in [6.07, 6.45) is 5.35. The Morgan fingerprint density at radius 3 is 2.75 bits per heavy atom. The van der Waals surface area contributed by atoms with Gasteiger partial charge in [0.25, 0.3) is 0 Å². The minimum atomic E-state index is -1.30. The first-order valence-electron chi connectivity index (χ1n) is 8.59. The monoisotopic (exact) mass is 415 g/mol. The van der Waals surface area contributed by atoms with Crippen LogP contribution in [0.4, 0.5) is 0 Å². The highest BCUT2D eigenvalue weighted by molar-refractivity contribution is 6.42. The summed E-state index contributed by atoms with van der Waals surface area (Å²) >= 11 is 12.7. The molecule has 0 saturated heterocycles. The quantitative estimate of drug-likeness (QED) is 0.611. The average molecular weight is 416 g/mol. The summed E-state index contributed by atoms with van der Waals surface area (Å²) < 4.78 is 1.88. The van der Waals surface area contributed by atoms with Crippen LogP contribution in [0, 0.1) is 0 Å². The molecule has 1 aliphatic heterocycles. The molecule has 0 radical (unpaired) electrons. The summed E-state index contributed by atoms with van der Waals surface area (Å²) in [4.78, 5) is 13.2. The molecule has 3 heterocycles. The fraction of sp³-hybridized carbons (Fsp3) is 0.211. The molecule has 1 atom stereocenters. The Kier molecular flexibility index (Phi) is 4.33. The van der Waals surface area contributed by atoms with Gasteiger partial charge in [0.15, 0.2) is 17.6 Å². The lowest BCUT2D eigenvalue weighted by Crippen LogP contribution is -2.68. The van der Waals surface area contributed by atoms with Gasteiger partial charge in [-0.25, -0.2) is 9.98 Å². The first-order chi connectivity index (χ1) is 13.2. The highest BCUT2D eigenvalue weighted by atomic mass is 35.5. The maximum atomic E-state index is 6.72. The summed E-state index contributed by atoms with van der Waals surface area (Å²) in [5, 5.41) is 3.88. The van der Waals surface area contributed by atoms with E-state index in [2.05, 4.69) is 15.3 Å². The highest BCUT2D eigenvalue weighted by Gasteiger charge is 2.47. The molecule has 0 amide bonds. The predicted molar refractivity (Wildman–Crippen MR) is 113 cm³/mol. The molecular weight excluding hydrogens is 397 g/mol. The second-order valence-electron chi connectivity index (χ2n) is 7.19. The minimum absolute atomic E-state index is 0.171. The highest BCUT2D eigenvalue weighted by Crippen LogP contribution is 2.40. The number of hydrogen-bond donors (Lipinski definition) is 3. The van der Waals surface area contributed by atoms with Gasteiger partial charge in [0.2, 0.25) is 0 Å². The third-order valence-corrected chi connectivity index (χ3v) is 5.89. The summed E-state index contributed by atoms with van der Waals surface area (Å²) in [5.74, 6) is -0.711. The number of rotatable bonds is 3. The molecule has 144 valence electrons. The lowest BCUT2D eigenvalue weighted by atomic mass is 9.77. The molecule has 0 fully saturated rings. The molecule has 5 N–H and O–H groups in total. The van der Waals surface area contributed by atoms with E-state index in [1.54, 1.807) is 18.6 Å². The van der Waals surface area contributed by atoms with Gasteiger partial charge in [0.1, 0.15) is 0 Å². The molecular formula is C19H19Cl2N7. The average Bonchev–Trinajstić information content (AvgIpc) is 3.10. The normalized spacial score (nSPS) is 19.9. The predicted octanol–water partition coefficient (Wildman–Crippen LogP) is 2.90. The van der Waals surface area contributed by atoms with E-state index in [0.29, 0.717) is 15.9 Å². The van der Waals surface area contributed by atoms with Crippen LogP contribution < -0.4 is 16.8 Å². The number of halogens is 2. The standard InChI is InChI=1S/C19H19Cl2N7/c1-18(2,13-4-3-5-14(20)15(13)21)19(23)26-16(25-17(22)27-19)11-6-7-12-8-24-10-28(12)9-11/h3-10H,23H2,1-2H3,(H3,22,25,26,27). The summed E-state index contributed by atoms with van der Waals surface area (Å²) in [6, 6.07) is 9.25. The van der Waals surface area contributed by atoms with Crippen molar-refractivity contribution in [3.05, 3.63) is 70.2 Å². The van der Waals surface area contributed by atoms with Crippen LogP contribution in [0.25, 0.3) is 5.52 Å². The minimum Gasteiger partial charge on any atom is -0.370 e. The van der Waals surface area contributed by atoms with E-state index >= 15 is 0 Å². The number of fused-ring (bicyclic) bond motifs is 1. The number of benzene rings is 1. The zero-order chi connectivity index (χ0) is 20.1. The molecule has 9 heteroatoms. The van der Waals surface area contributed by atoms with Crippen molar-refractivity contribution in [3.8, 4) is 0 Å². The van der Waals surface area contributed by atoms with Crippen molar-refractivity contribution in [2.45, 2.75) is 25.0 Å². The van der Waals surface area contributed by atoms with Crippen molar-refractivity contribution in [1.82, 2.24) is 14.7 Å². The number of nitrogens with one attached hydrogen (secondary N) is 1. The van der Waals surface area contributed by atoms with Crippen LogP contribution >= 0.6 is 23.2 Å². The van der Waals surface area contributed by atoms with E-state index in [-0.39, 0.29) is 5.96 Å². The van der Waals surface area contributed by atoms with E-state index in [0.717, 1.165) is 16.6 Å². The van der Waals surface area contributed by atoms with Crippen LogP contribution in [0.1, 0.15) is 25.0 Å². The number of imidazole rings is 1. The Morgan fingerprint density at radius 2 is 1.96 bits per heavy atom. The van der Waals surface area contributed by atoms with Crippen LogP contribution in [-0.2, 0) is 5.41 Å². The van der Waals surface area contributed by atoms with Gasteiger partial charge in [-0.15, -0.1) is 0 Å². The third-order valence-electron chi connectivity index (χ3n) is 5.07. The third kappa shape index (κ3) is 2.92. The van der Waals surface area contributed by atoms with Crippen molar-refractivity contribution < 1.29 is 0 Å². The first-order valence-corrected chi connectivity index (χ1v) is 9.34. The molecule has 2 aromatic heterocycles. The van der Waals surface area contributed by atoms with Crippen molar-refractivity contribution >= 4 is 40.5 Å². The molecule has 3 aromatic rings. The Labute approximate surface area is 172 Å². The molecule has 1 aromatic carbocycles. The van der Waals surface area contributed by atoms with Gasteiger partial charge in [-0.05, 0) is 23.8 Å². The van der Waals surface area contributed by atoms with Crippen molar-refractivity contribution in [2.75, 3.05) is 0 Å². The molecule has 4 rings (SSSR count). The van der Waals surface area contributed by atoms with Crippen molar-refractivity contribution in [2.24, 2.45) is 21.5 Å². The molecule has 1 unspecified atom stereocenters. The number of aliphatic imine (C=N–C) groups is 2. The number of nitrogens with two attached hydrogens (primary N) is 2. The smallest absolute Gasteiger partial charge is 0.198 e. The van der Waals surface area contributed by atoms with Crippen molar-refractivity contribution in [1.29, 1.82) is 0 Å². The number of nitrogens with zero attached hydrogens (tertiary/aromatic N) is 4. The Hall–Kier alpha value is -2.61. The van der Waals surface area contributed by atoms with Gasteiger partial charge >= 0.3 is 0 Å². The molecule has 0 aliphatic carbocycles. The Balaban J connectivity index is 1.83. The van der Waals surface area contributed by atoms with E-state index in [1.807, 2.05) is 48.7 Å². The summed E-state index contributed by atoms with van der Waals surface area (Å²) in [5.41, 5.74) is 14.5. The van der Waals surface area contributed by atoms with Crippen LogP contribution in [0.3, 0.4) is 0 Å². The zero-order valence-corrected chi connectivity index (χ0v) is 16.8. The lowest BCUT2D eigenvalue weighted by molar-refractivity contribution is 0.240. The fourth-order valence-corrected chi connectivity index (χ4v) is 3.76. The van der Waals surface area contributed by atoms with Gasteiger partial charge in [0.05, 0.1) is 28.1 Å². The lowest BCUT2D eigenvalue weighted by Gasteiger charge is -2.43. The number of amidine groups is 1. The van der Waals surface area contributed by atoms with Gasteiger partial charge in [-0.2, -0.15) is 4.99 Å². The number of pyridine rings is 1. The number of hydrogen-bond acceptors (Lipinski definition) is 6. The Morgan fingerprint density at radius 1 is 1.18 bits per heavy atom. The molecule has 28 heavy (non-hydrogen) atoms. The second kappa shape index (κ2) is 6.48. The van der Waals surface area contributed by atoms with E-state index in [4.69, 9.17) is 39.7 Å². The fourth-order valence-electron chi connectivity index (χ4n) is 3.23. The van der Waals surface area contributed by atoms with Gasteiger partial charge in [-0.3, -0.25) is 5.73 Å². The molecule has 0 bridgehead atoms. The molecule has 0 spiro atoms. The zero-order valence-electron chi connectivity index (χ0n) is 15.3. The van der Waals surface area contributed by atoms with E-state index in [9.17, 15) is 0 Å². The van der Waals surface area contributed by atoms with Crippen LogP contribution in [0.2, 0.25) is 10.0 Å². The maximum absolute atomic E-state index is 6.72. The summed E-state index contributed by atoms with van der Waals surface area (Å²) in [6.45, 7) is 3.85. The van der Waals surface area contributed by atoms with Crippen LogP contribution in [-0.4, -0.2) is 27.0 Å². The van der Waals surface area contributed by atoms with E-state index in [1.165, 1.54) is 0 Å².